The van der Waals surface area contributed by atoms with Crippen LogP contribution in [0.2, 0.25) is 0 Å². The Labute approximate surface area is 159 Å². The van der Waals surface area contributed by atoms with Gasteiger partial charge in [0.2, 0.25) is 0 Å². The Balaban J connectivity index is 1.65. The van der Waals surface area contributed by atoms with Gasteiger partial charge in [-0.05, 0) is 39.2 Å². The van der Waals surface area contributed by atoms with Crippen LogP contribution in [0.25, 0.3) is 10.9 Å². The molecule has 0 saturated heterocycles. The fourth-order valence-corrected chi connectivity index (χ4v) is 3.61. The molecule has 2 aromatic carbocycles. The normalized spacial score (nSPS) is 12.2. The summed E-state index contributed by atoms with van der Waals surface area (Å²) >= 11 is 3.36. The molecule has 0 bridgehead atoms. The van der Waals surface area contributed by atoms with Crippen LogP contribution in [0.5, 0.6) is 0 Å². The number of fused-ring (bicyclic) bond motifs is 1. The number of carbonyl (C=O) groups is 1. The van der Waals surface area contributed by atoms with E-state index in [1.807, 2.05) is 36.5 Å². The number of H-pyrrole nitrogens is 2. The number of halogens is 1. The molecule has 26 heavy (non-hydrogen) atoms. The van der Waals surface area contributed by atoms with Crippen molar-refractivity contribution in [1.82, 2.24) is 15.3 Å². The Hall–Kier alpha value is -2.79. The van der Waals surface area contributed by atoms with Crippen molar-refractivity contribution in [3.8, 4) is 0 Å². The van der Waals surface area contributed by atoms with Gasteiger partial charge in [0.05, 0.1) is 0 Å². The van der Waals surface area contributed by atoms with Crippen LogP contribution in [0.3, 0.4) is 0 Å². The highest BCUT2D eigenvalue weighted by molar-refractivity contribution is 9.10. The highest BCUT2D eigenvalue weighted by atomic mass is 79.9. The van der Waals surface area contributed by atoms with Crippen LogP contribution in [-0.2, 0) is 0 Å². The number of nitrogens with one attached hydrogen (secondary N) is 3. The molecular formula is C21H18BrN3O. The molecule has 0 saturated carbocycles. The summed E-state index contributed by atoms with van der Waals surface area (Å²) in [6.45, 7) is 0.515. The van der Waals surface area contributed by atoms with Crippen molar-refractivity contribution in [3.05, 3.63) is 94.4 Å². The Bertz CT molecular complexity index is 1040. The zero-order chi connectivity index (χ0) is 17.9. The van der Waals surface area contributed by atoms with E-state index in [0.29, 0.717) is 12.2 Å². The largest absolute Gasteiger partial charge is 0.361 e. The van der Waals surface area contributed by atoms with Gasteiger partial charge in [0.15, 0.2) is 0 Å². The molecule has 3 N–H and O–H groups in total. The average Bonchev–Trinajstić information content (AvgIpc) is 3.29. The van der Waals surface area contributed by atoms with E-state index >= 15 is 0 Å². The second kappa shape index (κ2) is 7.22. The van der Waals surface area contributed by atoms with Gasteiger partial charge in [-0.2, -0.15) is 0 Å². The molecule has 4 aromatic rings. The predicted octanol–water partition coefficient (Wildman–Crippen LogP) is 4.82. The third kappa shape index (κ3) is 3.30. The van der Waals surface area contributed by atoms with Crippen LogP contribution >= 0.6 is 15.9 Å². The molecule has 4 rings (SSSR count). The number of benzene rings is 2. The molecule has 1 amide bonds. The third-order valence-corrected chi connectivity index (χ3v) is 5.02. The summed E-state index contributed by atoms with van der Waals surface area (Å²) in [6.07, 6.45) is 3.79. The molecule has 0 aliphatic heterocycles. The van der Waals surface area contributed by atoms with Crippen molar-refractivity contribution in [2.75, 3.05) is 6.54 Å². The maximum atomic E-state index is 12.5. The smallest absolute Gasteiger partial charge is 0.267 e. The van der Waals surface area contributed by atoms with Crippen molar-refractivity contribution >= 4 is 32.7 Å². The first-order valence-corrected chi connectivity index (χ1v) is 9.25. The zero-order valence-electron chi connectivity index (χ0n) is 14.0. The summed E-state index contributed by atoms with van der Waals surface area (Å²) in [4.78, 5) is 18.8. The number of aromatic amines is 2. The third-order valence-electron chi connectivity index (χ3n) is 4.56. The maximum Gasteiger partial charge on any atom is 0.267 e. The molecule has 0 aliphatic rings. The summed E-state index contributed by atoms with van der Waals surface area (Å²) < 4.78 is 0.860. The number of rotatable bonds is 5. The van der Waals surface area contributed by atoms with Crippen molar-refractivity contribution < 1.29 is 4.79 Å². The number of para-hydroxylation sites is 1. The molecule has 0 fully saturated rings. The highest BCUT2D eigenvalue weighted by Crippen LogP contribution is 2.30. The summed E-state index contributed by atoms with van der Waals surface area (Å²) in [7, 11) is 0. The lowest BCUT2D eigenvalue weighted by Crippen LogP contribution is -2.29. The van der Waals surface area contributed by atoms with Gasteiger partial charge in [-0.25, -0.2) is 0 Å². The average molecular weight is 408 g/mol. The molecule has 0 aliphatic carbocycles. The van der Waals surface area contributed by atoms with Crippen molar-refractivity contribution in [2.45, 2.75) is 5.92 Å². The summed E-state index contributed by atoms with van der Waals surface area (Å²) in [5.74, 6) is -0.0498. The first-order chi connectivity index (χ1) is 12.7. The summed E-state index contributed by atoms with van der Waals surface area (Å²) in [5.41, 5.74) is 4.00. The number of amides is 1. The number of hydrogen-bond acceptors (Lipinski definition) is 1. The van der Waals surface area contributed by atoms with Gasteiger partial charge < -0.3 is 15.3 Å². The van der Waals surface area contributed by atoms with E-state index in [1.165, 1.54) is 16.5 Å². The van der Waals surface area contributed by atoms with E-state index < -0.39 is 0 Å². The van der Waals surface area contributed by atoms with Gasteiger partial charge in [0.1, 0.15) is 5.69 Å². The minimum Gasteiger partial charge on any atom is -0.361 e. The standard InChI is InChI=1S/C21H18BrN3O/c22-15-10-20(23-11-15)21(26)25-12-17(14-6-2-1-3-7-14)18-13-24-19-9-5-4-8-16(18)19/h1-11,13,17,23-24H,12H2,(H,25,26). The van der Waals surface area contributed by atoms with Crippen LogP contribution in [0.15, 0.2) is 77.5 Å². The summed E-state index contributed by atoms with van der Waals surface area (Å²) in [6, 6.07) is 20.3. The molecule has 1 unspecified atom stereocenters. The van der Waals surface area contributed by atoms with Crippen molar-refractivity contribution in [1.29, 1.82) is 0 Å². The van der Waals surface area contributed by atoms with E-state index in [9.17, 15) is 4.79 Å². The van der Waals surface area contributed by atoms with E-state index in [2.05, 4.69) is 55.5 Å². The predicted molar refractivity (Wildman–Crippen MR) is 107 cm³/mol. The fourth-order valence-electron chi connectivity index (χ4n) is 3.26. The van der Waals surface area contributed by atoms with Crippen LogP contribution in [0.4, 0.5) is 0 Å². The zero-order valence-corrected chi connectivity index (χ0v) is 15.6. The SMILES string of the molecule is O=C(NCC(c1ccccc1)c1c[nH]c2ccccc12)c1cc(Br)c[nH]1. The minimum absolute atomic E-state index is 0.0645. The van der Waals surface area contributed by atoms with E-state index in [1.54, 1.807) is 12.3 Å². The Morgan fingerprint density at radius 3 is 2.54 bits per heavy atom. The molecule has 2 aromatic heterocycles. The highest BCUT2D eigenvalue weighted by Gasteiger charge is 2.19. The van der Waals surface area contributed by atoms with Crippen LogP contribution in [0, 0.1) is 0 Å². The van der Waals surface area contributed by atoms with Gasteiger partial charge >= 0.3 is 0 Å². The second-order valence-electron chi connectivity index (χ2n) is 6.19. The first kappa shape index (κ1) is 16.7. The number of hydrogen-bond donors (Lipinski definition) is 3. The van der Waals surface area contributed by atoms with Gasteiger partial charge in [-0.1, -0.05) is 48.5 Å². The lowest BCUT2D eigenvalue weighted by Gasteiger charge is -2.18. The number of aromatic nitrogens is 2. The lowest BCUT2D eigenvalue weighted by molar-refractivity contribution is 0.0948. The summed E-state index contributed by atoms with van der Waals surface area (Å²) in [5, 5.41) is 4.24. The Morgan fingerprint density at radius 2 is 1.77 bits per heavy atom. The molecular weight excluding hydrogens is 390 g/mol. The second-order valence-corrected chi connectivity index (χ2v) is 7.11. The topological polar surface area (TPSA) is 60.7 Å². The quantitative estimate of drug-likeness (QED) is 0.436. The fraction of sp³-hybridized carbons (Fsp3) is 0.0952. The Kier molecular flexibility index (Phi) is 4.63. The maximum absolute atomic E-state index is 12.5. The molecule has 5 heteroatoms. The lowest BCUT2D eigenvalue weighted by atomic mass is 9.91. The number of carbonyl (C=O) groups excluding carboxylic acids is 1. The molecule has 2 heterocycles. The van der Waals surface area contributed by atoms with Crippen LogP contribution < -0.4 is 5.32 Å². The molecule has 1 atom stereocenters. The monoisotopic (exact) mass is 407 g/mol. The van der Waals surface area contributed by atoms with Crippen LogP contribution in [0.1, 0.15) is 27.5 Å². The van der Waals surface area contributed by atoms with E-state index in [0.717, 1.165) is 9.99 Å². The molecule has 130 valence electrons. The van der Waals surface area contributed by atoms with E-state index in [4.69, 9.17) is 0 Å². The first-order valence-electron chi connectivity index (χ1n) is 8.45. The van der Waals surface area contributed by atoms with Crippen molar-refractivity contribution in [3.63, 3.8) is 0 Å². The molecule has 0 radical (unpaired) electrons. The van der Waals surface area contributed by atoms with Crippen molar-refractivity contribution in [2.24, 2.45) is 0 Å². The molecule has 0 spiro atoms. The van der Waals surface area contributed by atoms with Gasteiger partial charge in [0, 0.05) is 40.2 Å². The van der Waals surface area contributed by atoms with E-state index in [-0.39, 0.29) is 11.8 Å². The van der Waals surface area contributed by atoms with Gasteiger partial charge in [-0.15, -0.1) is 0 Å². The van der Waals surface area contributed by atoms with Crippen LogP contribution in [-0.4, -0.2) is 22.4 Å². The van der Waals surface area contributed by atoms with Gasteiger partial charge in [-0.3, -0.25) is 4.79 Å². The van der Waals surface area contributed by atoms with Gasteiger partial charge in [0.25, 0.3) is 5.91 Å². The molecule has 4 nitrogen and oxygen atoms in total. The Morgan fingerprint density at radius 1 is 1.00 bits per heavy atom. The minimum atomic E-state index is -0.114.